The van der Waals surface area contributed by atoms with Crippen LogP contribution >= 0.6 is 11.6 Å². The molecule has 0 atom stereocenters. The number of sulfonamides is 1. The van der Waals surface area contributed by atoms with Crippen molar-refractivity contribution in [3.8, 4) is 5.75 Å². The number of hydrogen-bond acceptors (Lipinski definition) is 4. The summed E-state index contributed by atoms with van der Waals surface area (Å²) in [4.78, 5) is 12.3. The fourth-order valence-corrected chi connectivity index (χ4v) is 4.81. The summed E-state index contributed by atoms with van der Waals surface area (Å²) in [6.45, 7) is 1.43. The van der Waals surface area contributed by atoms with Gasteiger partial charge in [0.25, 0.3) is 15.9 Å². The Balaban J connectivity index is 1.64. The van der Waals surface area contributed by atoms with Gasteiger partial charge in [-0.1, -0.05) is 29.8 Å². The molecule has 180 valence electrons. The standard InChI is InChI=1S/C23H20ClF3N2O4S/c1-2-29(34(31,32)19-6-4-3-5-7-19)17-9-11-18(12-10-17)33-15-22(30)28-16-8-13-21(24)20(14-16)23(25,26)27/h3-14H,2,15H2,1H3,(H,28,30). The lowest BCUT2D eigenvalue weighted by Gasteiger charge is -2.23. The minimum atomic E-state index is -4.66. The third kappa shape index (κ3) is 6.00. The van der Waals surface area contributed by atoms with Crippen LogP contribution in [0.1, 0.15) is 12.5 Å². The fraction of sp³-hybridized carbons (Fsp3) is 0.174. The molecule has 0 saturated carbocycles. The summed E-state index contributed by atoms with van der Waals surface area (Å²) in [5.41, 5.74) is -0.733. The summed E-state index contributed by atoms with van der Waals surface area (Å²) in [6.07, 6.45) is -4.66. The first kappa shape index (κ1) is 25.4. The summed E-state index contributed by atoms with van der Waals surface area (Å²) >= 11 is 5.57. The zero-order chi connectivity index (χ0) is 24.9. The second-order valence-electron chi connectivity index (χ2n) is 7.01. The topological polar surface area (TPSA) is 75.7 Å². The normalized spacial score (nSPS) is 11.7. The Morgan fingerprint density at radius 1 is 1.03 bits per heavy atom. The van der Waals surface area contributed by atoms with E-state index in [2.05, 4.69) is 5.32 Å². The quantitative estimate of drug-likeness (QED) is 0.427. The van der Waals surface area contributed by atoms with Crippen LogP contribution in [-0.4, -0.2) is 27.5 Å². The van der Waals surface area contributed by atoms with Gasteiger partial charge in [-0.25, -0.2) is 8.42 Å². The lowest BCUT2D eigenvalue weighted by atomic mass is 10.2. The molecule has 0 aliphatic heterocycles. The monoisotopic (exact) mass is 512 g/mol. The summed E-state index contributed by atoms with van der Waals surface area (Å²) in [7, 11) is -3.76. The Bertz CT molecular complexity index is 1250. The average Bonchev–Trinajstić information content (AvgIpc) is 2.80. The van der Waals surface area contributed by atoms with E-state index in [1.807, 2.05) is 0 Å². The highest BCUT2D eigenvalue weighted by atomic mass is 35.5. The average molecular weight is 513 g/mol. The third-order valence-electron chi connectivity index (χ3n) is 4.67. The smallest absolute Gasteiger partial charge is 0.417 e. The number of amides is 1. The van der Waals surface area contributed by atoms with E-state index in [9.17, 15) is 26.4 Å². The van der Waals surface area contributed by atoms with Crippen LogP contribution in [0.4, 0.5) is 24.5 Å². The van der Waals surface area contributed by atoms with Crippen molar-refractivity contribution in [2.45, 2.75) is 18.0 Å². The van der Waals surface area contributed by atoms with Gasteiger partial charge in [0.15, 0.2) is 6.61 Å². The number of nitrogens with zero attached hydrogens (tertiary/aromatic N) is 1. The molecule has 0 fully saturated rings. The molecule has 0 bridgehead atoms. The fourth-order valence-electron chi connectivity index (χ4n) is 3.09. The van der Waals surface area contributed by atoms with Crippen LogP contribution in [0.3, 0.4) is 0 Å². The number of anilines is 2. The number of alkyl halides is 3. The Labute approximate surface area is 200 Å². The molecule has 34 heavy (non-hydrogen) atoms. The maximum absolute atomic E-state index is 13.0. The SMILES string of the molecule is CCN(c1ccc(OCC(=O)Nc2ccc(Cl)c(C(F)(F)F)c2)cc1)S(=O)(=O)c1ccccc1. The van der Waals surface area contributed by atoms with Gasteiger partial charge in [-0.2, -0.15) is 13.2 Å². The van der Waals surface area contributed by atoms with Gasteiger partial charge in [-0.3, -0.25) is 9.10 Å². The summed E-state index contributed by atoms with van der Waals surface area (Å²) in [5, 5.41) is 1.84. The van der Waals surface area contributed by atoms with Crippen molar-refractivity contribution in [1.29, 1.82) is 0 Å². The highest BCUT2D eigenvalue weighted by Crippen LogP contribution is 2.36. The molecule has 11 heteroatoms. The largest absolute Gasteiger partial charge is 0.484 e. The van der Waals surface area contributed by atoms with Gasteiger partial charge in [0, 0.05) is 12.2 Å². The molecule has 0 saturated heterocycles. The minimum absolute atomic E-state index is 0.0784. The number of carbonyl (C=O) groups is 1. The van der Waals surface area contributed by atoms with Crippen LogP contribution in [-0.2, 0) is 21.0 Å². The molecule has 0 aromatic heterocycles. The van der Waals surface area contributed by atoms with Crippen molar-refractivity contribution >= 4 is 38.9 Å². The first-order valence-electron chi connectivity index (χ1n) is 9.99. The van der Waals surface area contributed by atoms with Gasteiger partial charge in [-0.05, 0) is 61.5 Å². The van der Waals surface area contributed by atoms with Crippen molar-refractivity contribution in [2.75, 3.05) is 22.8 Å². The molecule has 0 spiro atoms. The highest BCUT2D eigenvalue weighted by molar-refractivity contribution is 7.92. The lowest BCUT2D eigenvalue weighted by Crippen LogP contribution is -2.30. The van der Waals surface area contributed by atoms with Crippen molar-refractivity contribution in [1.82, 2.24) is 0 Å². The first-order valence-corrected chi connectivity index (χ1v) is 11.8. The van der Waals surface area contributed by atoms with E-state index in [1.54, 1.807) is 25.1 Å². The second kappa shape index (κ2) is 10.4. The number of ether oxygens (including phenoxy) is 1. The molecule has 0 unspecified atom stereocenters. The molecule has 0 heterocycles. The Morgan fingerprint density at radius 3 is 2.26 bits per heavy atom. The molecule has 0 aliphatic carbocycles. The Kier molecular flexibility index (Phi) is 7.73. The van der Waals surface area contributed by atoms with Gasteiger partial charge < -0.3 is 10.1 Å². The predicted octanol–water partition coefficient (Wildman–Crippen LogP) is 5.59. The van der Waals surface area contributed by atoms with Gasteiger partial charge in [0.05, 0.1) is 21.2 Å². The van der Waals surface area contributed by atoms with Gasteiger partial charge in [-0.15, -0.1) is 0 Å². The lowest BCUT2D eigenvalue weighted by molar-refractivity contribution is -0.137. The van der Waals surface area contributed by atoms with Crippen LogP contribution in [0.2, 0.25) is 5.02 Å². The molecular weight excluding hydrogens is 493 g/mol. The molecular formula is C23H20ClF3N2O4S. The molecule has 0 radical (unpaired) electrons. The number of nitrogens with one attached hydrogen (secondary N) is 1. The second-order valence-corrected chi connectivity index (χ2v) is 9.28. The van der Waals surface area contributed by atoms with Crippen LogP contribution < -0.4 is 14.4 Å². The van der Waals surface area contributed by atoms with Crippen LogP contribution in [0.25, 0.3) is 0 Å². The zero-order valence-corrected chi connectivity index (χ0v) is 19.4. The van der Waals surface area contributed by atoms with Crippen molar-refractivity contribution in [3.05, 3.63) is 83.4 Å². The third-order valence-corrected chi connectivity index (χ3v) is 6.92. The first-order chi connectivity index (χ1) is 16.0. The van der Waals surface area contributed by atoms with Crippen molar-refractivity contribution < 1.29 is 31.1 Å². The summed E-state index contributed by atoms with van der Waals surface area (Å²) in [6, 6.07) is 17.1. The Hall–Kier alpha value is -3.24. The zero-order valence-electron chi connectivity index (χ0n) is 17.8. The Morgan fingerprint density at radius 2 is 1.68 bits per heavy atom. The van der Waals surface area contributed by atoms with E-state index in [-0.39, 0.29) is 22.9 Å². The van der Waals surface area contributed by atoms with E-state index < -0.39 is 39.3 Å². The maximum Gasteiger partial charge on any atom is 0.417 e. The maximum atomic E-state index is 13.0. The predicted molar refractivity (Wildman–Crippen MR) is 124 cm³/mol. The minimum Gasteiger partial charge on any atom is -0.484 e. The van der Waals surface area contributed by atoms with Crippen LogP contribution in [0.15, 0.2) is 77.7 Å². The molecule has 6 nitrogen and oxygen atoms in total. The van der Waals surface area contributed by atoms with Crippen LogP contribution in [0.5, 0.6) is 5.75 Å². The molecule has 1 amide bonds. The van der Waals surface area contributed by atoms with E-state index in [0.717, 1.165) is 12.1 Å². The van der Waals surface area contributed by atoms with E-state index in [1.165, 1.54) is 46.8 Å². The van der Waals surface area contributed by atoms with E-state index in [0.29, 0.717) is 5.69 Å². The van der Waals surface area contributed by atoms with Gasteiger partial charge >= 0.3 is 6.18 Å². The number of carbonyl (C=O) groups excluding carboxylic acids is 1. The van der Waals surface area contributed by atoms with Crippen molar-refractivity contribution in [2.24, 2.45) is 0 Å². The summed E-state index contributed by atoms with van der Waals surface area (Å²) < 4.78 is 71.3. The number of rotatable bonds is 8. The molecule has 1 N–H and O–H groups in total. The molecule has 3 aromatic rings. The number of benzene rings is 3. The van der Waals surface area contributed by atoms with Crippen molar-refractivity contribution in [3.63, 3.8) is 0 Å². The molecule has 3 aromatic carbocycles. The molecule has 3 rings (SSSR count). The molecule has 0 aliphatic rings. The van der Waals surface area contributed by atoms with E-state index in [4.69, 9.17) is 16.3 Å². The number of halogens is 4. The van der Waals surface area contributed by atoms with Gasteiger partial charge in [0.1, 0.15) is 5.75 Å². The van der Waals surface area contributed by atoms with E-state index >= 15 is 0 Å². The highest BCUT2D eigenvalue weighted by Gasteiger charge is 2.33. The number of hydrogen-bond donors (Lipinski definition) is 1. The summed E-state index contributed by atoms with van der Waals surface area (Å²) in [5.74, 6) is -0.402. The van der Waals surface area contributed by atoms with Crippen LogP contribution in [0, 0.1) is 0 Å². The van der Waals surface area contributed by atoms with Gasteiger partial charge in [0.2, 0.25) is 0 Å².